The van der Waals surface area contributed by atoms with Crippen molar-refractivity contribution in [2.45, 2.75) is 63.0 Å². The number of unbranched alkanes of at least 4 members (excludes halogenated alkanes) is 3. The van der Waals surface area contributed by atoms with Crippen molar-refractivity contribution in [3.63, 3.8) is 0 Å². The summed E-state index contributed by atoms with van der Waals surface area (Å²) in [5.74, 6) is -0.147. The molecule has 1 N–H and O–H groups in total. The molecule has 2 rings (SSSR count). The molecule has 8 heteroatoms. The summed E-state index contributed by atoms with van der Waals surface area (Å²) in [6, 6.07) is 3.68. The van der Waals surface area contributed by atoms with Crippen LogP contribution < -0.4 is 5.32 Å². The number of aromatic nitrogens is 1. The lowest BCUT2D eigenvalue weighted by Crippen LogP contribution is -2.41. The Kier molecular flexibility index (Phi) is 11.0. The van der Waals surface area contributed by atoms with Crippen LogP contribution in [0, 0.1) is 0 Å². The number of hydrogen-bond acceptors (Lipinski definition) is 4. The van der Waals surface area contributed by atoms with Gasteiger partial charge in [0.2, 0.25) is 15.9 Å². The minimum Gasteiger partial charge on any atom is -0.353 e. The first kappa shape index (κ1) is 24.5. The molecule has 1 fully saturated rings. The molecule has 0 saturated heterocycles. The third-order valence-electron chi connectivity index (χ3n) is 5.41. The molecule has 30 heavy (non-hydrogen) atoms. The molecule has 0 atom stereocenters. The van der Waals surface area contributed by atoms with Crippen LogP contribution in [0.4, 0.5) is 4.39 Å². The Morgan fingerprint density at radius 2 is 1.93 bits per heavy atom. The van der Waals surface area contributed by atoms with Gasteiger partial charge in [0.05, 0.1) is 5.25 Å². The molecule has 0 aliphatic heterocycles. The fourth-order valence-electron chi connectivity index (χ4n) is 3.72. The topological polar surface area (TPSA) is 79.4 Å². The smallest absolute Gasteiger partial charge is 0.243 e. The number of carbonyl (C=O) groups is 1. The molecule has 0 spiro atoms. The van der Waals surface area contributed by atoms with Crippen molar-refractivity contribution in [1.82, 2.24) is 14.6 Å². The van der Waals surface area contributed by atoms with Gasteiger partial charge in [0.1, 0.15) is 6.67 Å². The van der Waals surface area contributed by atoms with E-state index in [4.69, 9.17) is 0 Å². The molecule has 0 unspecified atom stereocenters. The van der Waals surface area contributed by atoms with Gasteiger partial charge in [-0.2, -0.15) is 4.31 Å². The number of rotatable bonds is 13. The fraction of sp³-hybridized carbons (Fsp3) is 0.636. The van der Waals surface area contributed by atoms with E-state index in [0.717, 1.165) is 44.1 Å². The second-order valence-electron chi connectivity index (χ2n) is 7.72. The van der Waals surface area contributed by atoms with Crippen molar-refractivity contribution < 1.29 is 17.6 Å². The Morgan fingerprint density at radius 3 is 2.63 bits per heavy atom. The molecular formula is C22H34FN3O3S. The maximum Gasteiger partial charge on any atom is 0.243 e. The predicted molar refractivity (Wildman–Crippen MR) is 118 cm³/mol. The van der Waals surface area contributed by atoms with Crippen molar-refractivity contribution in [3.05, 3.63) is 36.2 Å². The highest BCUT2D eigenvalue weighted by Crippen LogP contribution is 2.26. The van der Waals surface area contributed by atoms with E-state index in [1.165, 1.54) is 10.4 Å². The lowest BCUT2D eigenvalue weighted by molar-refractivity contribution is -0.116. The first-order chi connectivity index (χ1) is 14.5. The third-order valence-corrected chi connectivity index (χ3v) is 7.81. The zero-order chi connectivity index (χ0) is 21.7. The van der Waals surface area contributed by atoms with Crippen molar-refractivity contribution in [3.8, 4) is 0 Å². The summed E-state index contributed by atoms with van der Waals surface area (Å²) in [6.45, 7) is 0.260. The Bertz CT molecular complexity index is 750. The summed E-state index contributed by atoms with van der Waals surface area (Å²) in [4.78, 5) is 15.8. The molecule has 1 aliphatic rings. The van der Waals surface area contributed by atoms with E-state index in [9.17, 15) is 17.6 Å². The van der Waals surface area contributed by atoms with Crippen LogP contribution in [0.5, 0.6) is 0 Å². The highest BCUT2D eigenvalue weighted by molar-refractivity contribution is 7.89. The second-order valence-corrected chi connectivity index (χ2v) is 9.93. The first-order valence-corrected chi connectivity index (χ1v) is 12.4. The molecule has 1 aliphatic carbocycles. The molecule has 0 aromatic carbocycles. The fourth-order valence-corrected chi connectivity index (χ4v) is 5.78. The maximum atomic E-state index is 12.9. The van der Waals surface area contributed by atoms with Gasteiger partial charge in [0.25, 0.3) is 0 Å². The van der Waals surface area contributed by atoms with E-state index in [1.54, 1.807) is 18.5 Å². The lowest BCUT2D eigenvalue weighted by Gasteiger charge is -2.29. The number of hydrogen-bond donors (Lipinski definition) is 1. The third kappa shape index (κ3) is 8.52. The summed E-state index contributed by atoms with van der Waals surface area (Å²) in [5, 5.41) is 2.50. The van der Waals surface area contributed by atoms with Gasteiger partial charge in [-0.15, -0.1) is 0 Å². The SMILES string of the molecule is O=C(C=Cc1cccnc1)NCCCCCCN(CCF)S(=O)(=O)C1CCCCC1. The first-order valence-electron chi connectivity index (χ1n) is 10.9. The molecule has 1 heterocycles. The standard InChI is InChI=1S/C22H34FN3O3S/c23-14-18-26(30(28,29)21-10-4-3-5-11-21)17-7-2-1-6-16-25-22(27)13-12-20-9-8-15-24-19-20/h8-9,12-13,15,19,21H,1-7,10-11,14,16-18H2,(H,25,27). The summed E-state index contributed by atoms with van der Waals surface area (Å²) in [5.41, 5.74) is 0.869. The number of sulfonamides is 1. The molecule has 0 radical (unpaired) electrons. The van der Waals surface area contributed by atoms with Crippen LogP contribution in [0.25, 0.3) is 6.08 Å². The van der Waals surface area contributed by atoms with Crippen LogP contribution in [-0.2, 0) is 14.8 Å². The molecule has 1 aromatic heterocycles. The van der Waals surface area contributed by atoms with Gasteiger partial charge in [0, 0.05) is 38.1 Å². The number of nitrogens with zero attached hydrogens (tertiary/aromatic N) is 2. The minimum absolute atomic E-state index is 0.0435. The van der Waals surface area contributed by atoms with Crippen LogP contribution in [0.1, 0.15) is 63.4 Å². The van der Waals surface area contributed by atoms with E-state index < -0.39 is 16.7 Å². The zero-order valence-electron chi connectivity index (χ0n) is 17.6. The molecule has 168 valence electrons. The average Bonchev–Trinajstić information content (AvgIpc) is 2.77. The summed E-state index contributed by atoms with van der Waals surface area (Å²) >= 11 is 0. The Balaban J connectivity index is 1.62. The molecule has 1 saturated carbocycles. The van der Waals surface area contributed by atoms with Gasteiger partial charge in [-0.3, -0.25) is 9.78 Å². The van der Waals surface area contributed by atoms with Gasteiger partial charge in [-0.25, -0.2) is 12.8 Å². The van der Waals surface area contributed by atoms with Crippen molar-refractivity contribution in [2.75, 3.05) is 26.3 Å². The van der Waals surface area contributed by atoms with Crippen LogP contribution >= 0.6 is 0 Å². The normalized spacial score (nSPS) is 15.7. The number of amides is 1. The number of alkyl halides is 1. The van der Waals surface area contributed by atoms with E-state index in [0.29, 0.717) is 32.4 Å². The Labute approximate surface area is 180 Å². The zero-order valence-corrected chi connectivity index (χ0v) is 18.5. The van der Waals surface area contributed by atoms with Crippen LogP contribution in [0.2, 0.25) is 0 Å². The largest absolute Gasteiger partial charge is 0.353 e. The molecule has 6 nitrogen and oxygen atoms in total. The monoisotopic (exact) mass is 439 g/mol. The van der Waals surface area contributed by atoms with Gasteiger partial charge >= 0.3 is 0 Å². The average molecular weight is 440 g/mol. The molecule has 1 aromatic rings. The summed E-state index contributed by atoms with van der Waals surface area (Å²) in [7, 11) is -3.40. The van der Waals surface area contributed by atoms with Crippen molar-refractivity contribution in [2.24, 2.45) is 0 Å². The molecular weight excluding hydrogens is 405 g/mol. The lowest BCUT2D eigenvalue weighted by atomic mass is 10.0. The number of halogens is 1. The van der Waals surface area contributed by atoms with Gasteiger partial charge in [-0.05, 0) is 43.4 Å². The summed E-state index contributed by atoms with van der Waals surface area (Å²) in [6.07, 6.45) is 14.2. The maximum absolute atomic E-state index is 12.9. The number of pyridine rings is 1. The van der Waals surface area contributed by atoms with Crippen LogP contribution in [-0.4, -0.2) is 55.2 Å². The van der Waals surface area contributed by atoms with Crippen LogP contribution in [0.15, 0.2) is 30.6 Å². The number of nitrogens with one attached hydrogen (secondary N) is 1. The molecule has 0 bridgehead atoms. The predicted octanol–water partition coefficient (Wildman–Crippen LogP) is 3.71. The van der Waals surface area contributed by atoms with E-state index >= 15 is 0 Å². The number of carbonyl (C=O) groups excluding carboxylic acids is 1. The minimum atomic E-state index is -3.40. The van der Waals surface area contributed by atoms with E-state index in [1.807, 2.05) is 12.1 Å². The second kappa shape index (κ2) is 13.5. The summed E-state index contributed by atoms with van der Waals surface area (Å²) < 4.78 is 39.8. The quantitative estimate of drug-likeness (QED) is 0.375. The van der Waals surface area contributed by atoms with Gasteiger partial charge < -0.3 is 5.32 Å². The van der Waals surface area contributed by atoms with E-state index in [2.05, 4.69) is 10.3 Å². The van der Waals surface area contributed by atoms with E-state index in [-0.39, 0.29) is 17.7 Å². The van der Waals surface area contributed by atoms with Crippen LogP contribution in [0.3, 0.4) is 0 Å². The highest BCUT2D eigenvalue weighted by Gasteiger charge is 2.32. The van der Waals surface area contributed by atoms with Gasteiger partial charge in [-0.1, -0.05) is 38.2 Å². The molecule has 1 amide bonds. The van der Waals surface area contributed by atoms with Crippen molar-refractivity contribution >= 4 is 22.0 Å². The van der Waals surface area contributed by atoms with Gasteiger partial charge in [0.15, 0.2) is 0 Å². The van der Waals surface area contributed by atoms with Crippen molar-refractivity contribution in [1.29, 1.82) is 0 Å². The Hall–Kier alpha value is -1.80. The highest BCUT2D eigenvalue weighted by atomic mass is 32.2. The Morgan fingerprint density at radius 1 is 1.17 bits per heavy atom.